The van der Waals surface area contributed by atoms with Gasteiger partial charge in [0.15, 0.2) is 5.82 Å². The Bertz CT molecular complexity index is 598. The van der Waals surface area contributed by atoms with Gasteiger partial charge in [-0.25, -0.2) is 9.18 Å². The summed E-state index contributed by atoms with van der Waals surface area (Å²) in [6, 6.07) is 4.06. The normalized spacial score (nSPS) is 10.4. The molecular weight excluding hydrogens is 253 g/mol. The van der Waals surface area contributed by atoms with Crippen LogP contribution in [-0.4, -0.2) is 27.8 Å². The molecule has 6 nitrogen and oxygen atoms in total. The number of hydrogen-bond donors (Lipinski definition) is 2. The van der Waals surface area contributed by atoms with Crippen LogP contribution in [0.4, 0.5) is 10.1 Å². The van der Waals surface area contributed by atoms with Crippen molar-refractivity contribution < 1.29 is 18.8 Å². The molecular formula is C12H12FN3O3. The highest BCUT2D eigenvalue weighted by atomic mass is 19.1. The predicted molar refractivity (Wildman–Crippen MR) is 64.6 cm³/mol. The Morgan fingerprint density at radius 1 is 1.53 bits per heavy atom. The van der Waals surface area contributed by atoms with Crippen molar-refractivity contribution in [2.75, 3.05) is 11.9 Å². The number of nitrogens with zero attached hydrogens (tertiary/aromatic N) is 2. The summed E-state index contributed by atoms with van der Waals surface area (Å²) in [6.45, 7) is 2.07. The van der Waals surface area contributed by atoms with Crippen LogP contribution in [0.15, 0.2) is 22.7 Å². The van der Waals surface area contributed by atoms with E-state index < -0.39 is 11.8 Å². The van der Waals surface area contributed by atoms with Crippen LogP contribution in [0.5, 0.6) is 0 Å². The van der Waals surface area contributed by atoms with Crippen molar-refractivity contribution in [2.24, 2.45) is 0 Å². The Labute approximate surface area is 108 Å². The van der Waals surface area contributed by atoms with Gasteiger partial charge in [0.25, 0.3) is 0 Å². The minimum absolute atomic E-state index is 0.226. The summed E-state index contributed by atoms with van der Waals surface area (Å²) in [7, 11) is 0. The molecule has 0 amide bonds. The first-order valence-corrected chi connectivity index (χ1v) is 5.63. The molecule has 0 radical (unpaired) electrons. The molecule has 0 bridgehead atoms. The van der Waals surface area contributed by atoms with Crippen LogP contribution in [0.2, 0.25) is 0 Å². The average Bonchev–Trinajstić information content (AvgIpc) is 2.74. The van der Waals surface area contributed by atoms with Crippen molar-refractivity contribution in [3.63, 3.8) is 0 Å². The molecule has 0 saturated carbocycles. The highest BCUT2D eigenvalue weighted by Crippen LogP contribution is 2.18. The summed E-state index contributed by atoms with van der Waals surface area (Å²) < 4.78 is 18.3. The maximum Gasteiger partial charge on any atom is 0.340 e. The molecule has 100 valence electrons. The first-order chi connectivity index (χ1) is 9.08. The van der Waals surface area contributed by atoms with Crippen molar-refractivity contribution in [3.8, 4) is 0 Å². The number of aromatic carboxylic acids is 1. The Morgan fingerprint density at radius 2 is 2.32 bits per heavy atom. The van der Waals surface area contributed by atoms with Crippen LogP contribution < -0.4 is 5.32 Å². The van der Waals surface area contributed by atoms with Crippen molar-refractivity contribution in [1.82, 2.24) is 10.1 Å². The summed E-state index contributed by atoms with van der Waals surface area (Å²) >= 11 is 0. The fourth-order valence-corrected chi connectivity index (χ4v) is 1.63. The second-order valence-corrected chi connectivity index (χ2v) is 3.88. The van der Waals surface area contributed by atoms with Gasteiger partial charge < -0.3 is 14.9 Å². The fraction of sp³-hybridized carbons (Fsp3) is 0.250. The number of anilines is 1. The quantitative estimate of drug-likeness (QED) is 0.858. The minimum atomic E-state index is -1.31. The zero-order chi connectivity index (χ0) is 13.8. The molecule has 2 aromatic rings. The van der Waals surface area contributed by atoms with E-state index in [0.717, 1.165) is 6.07 Å². The van der Waals surface area contributed by atoms with Gasteiger partial charge in [-0.3, -0.25) is 0 Å². The molecule has 0 unspecified atom stereocenters. The van der Waals surface area contributed by atoms with E-state index in [1.807, 2.05) is 0 Å². The van der Waals surface area contributed by atoms with Gasteiger partial charge in [-0.15, -0.1) is 0 Å². The molecule has 19 heavy (non-hydrogen) atoms. The number of hydrogen-bond acceptors (Lipinski definition) is 5. The Hall–Kier alpha value is -2.44. The number of carbonyl (C=O) groups is 1. The molecule has 0 aliphatic heterocycles. The smallest absolute Gasteiger partial charge is 0.340 e. The number of benzene rings is 1. The number of carboxylic acids is 1. The Morgan fingerprint density at radius 3 is 2.95 bits per heavy atom. The lowest BCUT2D eigenvalue weighted by atomic mass is 10.1. The number of aromatic nitrogens is 2. The topological polar surface area (TPSA) is 88.2 Å². The van der Waals surface area contributed by atoms with Crippen LogP contribution >= 0.6 is 0 Å². The van der Waals surface area contributed by atoms with Gasteiger partial charge in [0, 0.05) is 13.0 Å². The largest absolute Gasteiger partial charge is 0.478 e. The van der Waals surface area contributed by atoms with E-state index in [9.17, 15) is 9.18 Å². The number of aryl methyl sites for hydroxylation is 1. The van der Waals surface area contributed by atoms with E-state index in [0.29, 0.717) is 24.7 Å². The van der Waals surface area contributed by atoms with Gasteiger partial charge in [0.1, 0.15) is 11.4 Å². The first kappa shape index (κ1) is 13.0. The second-order valence-electron chi connectivity index (χ2n) is 3.88. The summed E-state index contributed by atoms with van der Waals surface area (Å²) in [6.07, 6.45) is 0.427. The van der Waals surface area contributed by atoms with Gasteiger partial charge in [0.2, 0.25) is 5.89 Å². The minimum Gasteiger partial charge on any atom is -0.478 e. The van der Waals surface area contributed by atoms with Crippen LogP contribution in [0.25, 0.3) is 0 Å². The summed E-state index contributed by atoms with van der Waals surface area (Å²) in [4.78, 5) is 15.0. The van der Waals surface area contributed by atoms with Crippen LogP contribution in [0, 0.1) is 12.7 Å². The third-order valence-electron chi connectivity index (χ3n) is 2.45. The lowest BCUT2D eigenvalue weighted by Crippen LogP contribution is -2.11. The van der Waals surface area contributed by atoms with Gasteiger partial charge in [-0.2, -0.15) is 4.98 Å². The zero-order valence-electron chi connectivity index (χ0n) is 10.2. The molecule has 0 aliphatic rings. The molecule has 7 heteroatoms. The summed E-state index contributed by atoms with van der Waals surface area (Å²) in [5.74, 6) is -1.11. The molecule has 0 atom stereocenters. The van der Waals surface area contributed by atoms with Gasteiger partial charge in [0.05, 0.1) is 5.69 Å². The van der Waals surface area contributed by atoms with E-state index in [1.54, 1.807) is 6.92 Å². The standard InChI is InChI=1S/C12H12FN3O3/c1-7-15-10(19-16-7)5-6-14-9-4-2-3-8(13)11(9)12(17)18/h2-4,14H,5-6H2,1H3,(H,17,18). The molecule has 2 N–H and O–H groups in total. The third-order valence-corrected chi connectivity index (χ3v) is 2.45. The summed E-state index contributed by atoms with van der Waals surface area (Å²) in [5, 5.41) is 15.4. The number of nitrogens with one attached hydrogen (secondary N) is 1. The number of carboxylic acid groups (broad SMARTS) is 1. The Balaban J connectivity index is 2.03. The second kappa shape index (κ2) is 5.47. The van der Waals surface area contributed by atoms with Gasteiger partial charge in [-0.1, -0.05) is 11.2 Å². The molecule has 0 saturated heterocycles. The third kappa shape index (κ3) is 3.06. The molecule has 0 fully saturated rings. The molecule has 1 heterocycles. The summed E-state index contributed by atoms with van der Waals surface area (Å²) in [5.41, 5.74) is -0.145. The lowest BCUT2D eigenvalue weighted by molar-refractivity contribution is 0.0693. The predicted octanol–water partition coefficient (Wildman–Crippen LogP) is 1.87. The first-order valence-electron chi connectivity index (χ1n) is 5.63. The molecule has 0 aliphatic carbocycles. The number of rotatable bonds is 5. The zero-order valence-corrected chi connectivity index (χ0v) is 10.2. The monoisotopic (exact) mass is 265 g/mol. The fourth-order valence-electron chi connectivity index (χ4n) is 1.63. The molecule has 0 spiro atoms. The van der Waals surface area contributed by atoms with Crippen LogP contribution in [-0.2, 0) is 6.42 Å². The van der Waals surface area contributed by atoms with Crippen molar-refractivity contribution in [2.45, 2.75) is 13.3 Å². The molecule has 2 rings (SSSR count). The van der Waals surface area contributed by atoms with Crippen molar-refractivity contribution in [3.05, 3.63) is 41.3 Å². The van der Waals surface area contributed by atoms with Crippen molar-refractivity contribution in [1.29, 1.82) is 0 Å². The highest BCUT2D eigenvalue weighted by Gasteiger charge is 2.15. The molecule has 1 aromatic heterocycles. The van der Waals surface area contributed by atoms with Crippen LogP contribution in [0.3, 0.4) is 0 Å². The van der Waals surface area contributed by atoms with E-state index in [1.165, 1.54) is 12.1 Å². The van der Waals surface area contributed by atoms with Crippen LogP contribution in [0.1, 0.15) is 22.1 Å². The van der Waals surface area contributed by atoms with Crippen molar-refractivity contribution >= 4 is 11.7 Å². The maximum atomic E-state index is 13.4. The number of halogens is 1. The van der Waals surface area contributed by atoms with E-state index in [-0.39, 0.29) is 11.3 Å². The van der Waals surface area contributed by atoms with E-state index in [2.05, 4.69) is 15.5 Å². The van der Waals surface area contributed by atoms with Gasteiger partial charge in [-0.05, 0) is 19.1 Å². The Kier molecular flexibility index (Phi) is 3.74. The average molecular weight is 265 g/mol. The van der Waals surface area contributed by atoms with Gasteiger partial charge >= 0.3 is 5.97 Å². The van der Waals surface area contributed by atoms with E-state index in [4.69, 9.17) is 9.63 Å². The highest BCUT2D eigenvalue weighted by molar-refractivity contribution is 5.94. The maximum absolute atomic E-state index is 13.4. The molecule has 1 aromatic carbocycles. The lowest BCUT2D eigenvalue weighted by Gasteiger charge is -2.08. The SMILES string of the molecule is Cc1noc(CCNc2cccc(F)c2C(=O)O)n1. The van der Waals surface area contributed by atoms with E-state index >= 15 is 0 Å².